The molecule has 0 spiro atoms. The van der Waals surface area contributed by atoms with Crippen molar-refractivity contribution in [2.45, 2.75) is 19.8 Å². The third-order valence-corrected chi connectivity index (χ3v) is 4.89. The average molecular weight is 354 g/mol. The fourth-order valence-corrected chi connectivity index (χ4v) is 3.49. The molecule has 18 heavy (non-hydrogen) atoms. The van der Waals surface area contributed by atoms with Crippen LogP contribution in [0.3, 0.4) is 0 Å². The predicted octanol–water partition coefficient (Wildman–Crippen LogP) is 2.59. The van der Waals surface area contributed by atoms with Gasteiger partial charge in [-0.1, -0.05) is 0 Å². The number of thiophene rings is 1. The Bertz CT molecular complexity index is 405. The third kappa shape index (κ3) is 3.95. The molecule has 102 valence electrons. The largest absolute Gasteiger partial charge is 0.355 e. The maximum atomic E-state index is 12.0. The first kappa shape index (κ1) is 16.0. The highest BCUT2D eigenvalue weighted by Gasteiger charge is 2.35. The predicted molar refractivity (Wildman–Crippen MR) is 81.6 cm³/mol. The van der Waals surface area contributed by atoms with Crippen LogP contribution in [-0.4, -0.2) is 25.5 Å². The van der Waals surface area contributed by atoms with Crippen LogP contribution in [0.25, 0.3) is 0 Å². The fourth-order valence-electron chi connectivity index (χ4n) is 2.01. The zero-order chi connectivity index (χ0) is 12.3. The molecule has 0 bridgehead atoms. The second-order valence-corrected chi connectivity index (χ2v) is 7.25. The highest BCUT2D eigenvalue weighted by molar-refractivity contribution is 9.11. The minimum absolute atomic E-state index is 0. The number of rotatable bonds is 4. The standard InChI is InChI=1S/C12H17BrN2OS.ClH/c1-12(5-7-14-8-12)11(16)15-6-4-9-2-3-10(13)17-9;/h2-3,14H,4-8H2,1H3,(H,15,16);1H. The molecule has 2 rings (SSSR count). The number of hydrogen-bond acceptors (Lipinski definition) is 3. The molecule has 1 atom stereocenters. The van der Waals surface area contributed by atoms with E-state index in [0.29, 0.717) is 0 Å². The molecule has 0 aromatic carbocycles. The minimum atomic E-state index is -0.212. The lowest BCUT2D eigenvalue weighted by molar-refractivity contribution is -0.129. The molecule has 1 aromatic heterocycles. The number of nitrogens with one attached hydrogen (secondary N) is 2. The first-order valence-electron chi connectivity index (χ1n) is 5.83. The maximum Gasteiger partial charge on any atom is 0.227 e. The van der Waals surface area contributed by atoms with Crippen molar-refractivity contribution in [1.29, 1.82) is 0 Å². The van der Waals surface area contributed by atoms with Gasteiger partial charge in [0.2, 0.25) is 5.91 Å². The van der Waals surface area contributed by atoms with Crippen molar-refractivity contribution < 1.29 is 4.79 Å². The van der Waals surface area contributed by atoms with E-state index in [-0.39, 0.29) is 23.7 Å². The van der Waals surface area contributed by atoms with Crippen LogP contribution in [0.1, 0.15) is 18.2 Å². The van der Waals surface area contributed by atoms with Crippen LogP contribution in [0.5, 0.6) is 0 Å². The molecule has 1 amide bonds. The van der Waals surface area contributed by atoms with Crippen molar-refractivity contribution >= 4 is 45.6 Å². The average Bonchev–Trinajstić information content (AvgIpc) is 2.89. The SMILES string of the molecule is CC1(C(=O)NCCc2ccc(Br)s2)CCNC1.Cl. The summed E-state index contributed by atoms with van der Waals surface area (Å²) in [6, 6.07) is 4.14. The van der Waals surface area contributed by atoms with Gasteiger partial charge in [0, 0.05) is 18.0 Å². The second kappa shape index (κ2) is 6.89. The van der Waals surface area contributed by atoms with Crippen LogP contribution < -0.4 is 10.6 Å². The maximum absolute atomic E-state index is 12.0. The summed E-state index contributed by atoms with van der Waals surface area (Å²) < 4.78 is 1.14. The van der Waals surface area contributed by atoms with Crippen LogP contribution in [0.2, 0.25) is 0 Å². The third-order valence-electron chi connectivity index (χ3n) is 3.20. The van der Waals surface area contributed by atoms with E-state index < -0.39 is 0 Å². The summed E-state index contributed by atoms with van der Waals surface area (Å²) in [5.41, 5.74) is -0.212. The number of carbonyl (C=O) groups is 1. The van der Waals surface area contributed by atoms with E-state index in [0.717, 1.165) is 36.3 Å². The molecular formula is C12H18BrClN2OS. The van der Waals surface area contributed by atoms with Crippen molar-refractivity contribution in [1.82, 2.24) is 10.6 Å². The van der Waals surface area contributed by atoms with Gasteiger partial charge < -0.3 is 10.6 Å². The second-order valence-electron chi connectivity index (χ2n) is 4.70. The lowest BCUT2D eigenvalue weighted by atomic mass is 9.89. The molecular weight excluding hydrogens is 336 g/mol. The number of carbonyl (C=O) groups excluding carboxylic acids is 1. The highest BCUT2D eigenvalue weighted by Crippen LogP contribution is 2.25. The number of hydrogen-bond donors (Lipinski definition) is 2. The quantitative estimate of drug-likeness (QED) is 0.873. The van der Waals surface area contributed by atoms with Crippen LogP contribution in [-0.2, 0) is 11.2 Å². The molecule has 2 heterocycles. The van der Waals surface area contributed by atoms with Gasteiger partial charge in [-0.15, -0.1) is 23.7 Å². The first-order chi connectivity index (χ1) is 8.10. The highest BCUT2D eigenvalue weighted by atomic mass is 79.9. The Morgan fingerprint density at radius 1 is 1.61 bits per heavy atom. The number of amides is 1. The van der Waals surface area contributed by atoms with Crippen LogP contribution in [0.15, 0.2) is 15.9 Å². The Balaban J connectivity index is 0.00000162. The van der Waals surface area contributed by atoms with Gasteiger partial charge in [0.05, 0.1) is 9.20 Å². The van der Waals surface area contributed by atoms with Gasteiger partial charge >= 0.3 is 0 Å². The molecule has 0 aliphatic carbocycles. The molecule has 0 radical (unpaired) electrons. The summed E-state index contributed by atoms with van der Waals surface area (Å²) in [7, 11) is 0. The monoisotopic (exact) mass is 352 g/mol. The summed E-state index contributed by atoms with van der Waals surface area (Å²) in [6.45, 7) is 4.50. The molecule has 1 aliphatic heterocycles. The molecule has 3 nitrogen and oxygen atoms in total. The van der Waals surface area contributed by atoms with E-state index in [2.05, 4.69) is 32.6 Å². The summed E-state index contributed by atoms with van der Waals surface area (Å²) in [4.78, 5) is 13.3. The minimum Gasteiger partial charge on any atom is -0.355 e. The van der Waals surface area contributed by atoms with Crippen LogP contribution in [0, 0.1) is 5.41 Å². The van der Waals surface area contributed by atoms with E-state index in [1.165, 1.54) is 4.88 Å². The molecule has 1 aromatic rings. The van der Waals surface area contributed by atoms with Gasteiger partial charge in [-0.05, 0) is 54.4 Å². The zero-order valence-corrected chi connectivity index (χ0v) is 13.5. The van der Waals surface area contributed by atoms with E-state index in [9.17, 15) is 4.79 Å². The smallest absolute Gasteiger partial charge is 0.227 e. The van der Waals surface area contributed by atoms with Crippen LogP contribution in [0.4, 0.5) is 0 Å². The summed E-state index contributed by atoms with van der Waals surface area (Å²) in [5.74, 6) is 0.179. The molecule has 1 saturated heterocycles. The molecule has 1 aliphatic rings. The molecule has 1 unspecified atom stereocenters. The lowest BCUT2D eigenvalue weighted by Gasteiger charge is -2.21. The van der Waals surface area contributed by atoms with Gasteiger partial charge in [0.25, 0.3) is 0 Å². The van der Waals surface area contributed by atoms with E-state index in [4.69, 9.17) is 0 Å². The van der Waals surface area contributed by atoms with Gasteiger partial charge in [0.1, 0.15) is 0 Å². The Kier molecular flexibility index (Phi) is 6.11. The number of halogens is 2. The van der Waals surface area contributed by atoms with Crippen LogP contribution >= 0.6 is 39.7 Å². The summed E-state index contributed by atoms with van der Waals surface area (Å²) in [6.07, 6.45) is 1.84. The van der Waals surface area contributed by atoms with Gasteiger partial charge in [-0.3, -0.25) is 4.79 Å². The first-order valence-corrected chi connectivity index (χ1v) is 7.44. The lowest BCUT2D eigenvalue weighted by Crippen LogP contribution is -2.41. The van der Waals surface area contributed by atoms with E-state index >= 15 is 0 Å². The van der Waals surface area contributed by atoms with Crippen molar-refractivity contribution in [2.24, 2.45) is 5.41 Å². The van der Waals surface area contributed by atoms with Crippen molar-refractivity contribution in [2.75, 3.05) is 19.6 Å². The fraction of sp³-hybridized carbons (Fsp3) is 0.583. The van der Waals surface area contributed by atoms with Crippen molar-refractivity contribution in [3.05, 3.63) is 20.8 Å². The molecule has 2 N–H and O–H groups in total. The summed E-state index contributed by atoms with van der Waals surface area (Å²) in [5, 5.41) is 6.28. The molecule has 1 fully saturated rings. The zero-order valence-electron chi connectivity index (χ0n) is 10.3. The van der Waals surface area contributed by atoms with Gasteiger partial charge in [-0.25, -0.2) is 0 Å². The van der Waals surface area contributed by atoms with Gasteiger partial charge in [-0.2, -0.15) is 0 Å². The Morgan fingerprint density at radius 2 is 2.39 bits per heavy atom. The topological polar surface area (TPSA) is 41.1 Å². The van der Waals surface area contributed by atoms with Gasteiger partial charge in [0.15, 0.2) is 0 Å². The van der Waals surface area contributed by atoms with Crippen molar-refractivity contribution in [3.8, 4) is 0 Å². The normalized spacial score (nSPS) is 22.6. The Morgan fingerprint density at radius 3 is 2.94 bits per heavy atom. The Hall–Kier alpha value is -0.100. The molecule has 0 saturated carbocycles. The van der Waals surface area contributed by atoms with E-state index in [1.54, 1.807) is 11.3 Å². The van der Waals surface area contributed by atoms with Crippen molar-refractivity contribution in [3.63, 3.8) is 0 Å². The summed E-state index contributed by atoms with van der Waals surface area (Å²) >= 11 is 5.16. The molecule has 6 heteroatoms. The van der Waals surface area contributed by atoms with E-state index in [1.807, 2.05) is 13.0 Å². The Labute approximate surface area is 126 Å².